The number of hydrogen-bond acceptors (Lipinski definition) is 5. The Bertz CT molecular complexity index is 428. The predicted molar refractivity (Wildman–Crippen MR) is 55.6 cm³/mol. The summed E-state index contributed by atoms with van der Waals surface area (Å²) in [6, 6.07) is 0. The third-order valence-electron chi connectivity index (χ3n) is 2.13. The fraction of sp³-hybridized carbons (Fsp3) is 0.750. The number of nitrogens with one attached hydrogen (secondary N) is 1. The Labute approximate surface area is 94.8 Å². The van der Waals surface area contributed by atoms with E-state index in [9.17, 15) is 13.0 Å². The molecule has 0 fully saturated rings. The van der Waals surface area contributed by atoms with Gasteiger partial charge in [-0.1, -0.05) is 5.21 Å². The third kappa shape index (κ3) is 5.19. The molecule has 0 saturated heterocycles. The molecule has 0 spiro atoms. The summed E-state index contributed by atoms with van der Waals surface area (Å²) >= 11 is 0. The van der Waals surface area contributed by atoms with Gasteiger partial charge in [0.05, 0.1) is 29.9 Å². The quantitative estimate of drug-likeness (QED) is 0.575. The van der Waals surface area contributed by atoms with Gasteiger partial charge in [-0.05, 0) is 0 Å². The summed E-state index contributed by atoms with van der Waals surface area (Å²) in [4.78, 5) is 1.10. The van der Waals surface area contributed by atoms with Crippen molar-refractivity contribution >= 4 is 10.1 Å². The van der Waals surface area contributed by atoms with Gasteiger partial charge in [0.1, 0.15) is 12.2 Å². The predicted octanol–water partition coefficient (Wildman–Crippen LogP) is -2.23. The van der Waals surface area contributed by atoms with E-state index in [1.165, 1.54) is 0 Å². The van der Waals surface area contributed by atoms with Gasteiger partial charge in [-0.15, -0.1) is 5.10 Å². The largest absolute Gasteiger partial charge is 0.748 e. The lowest BCUT2D eigenvalue weighted by Gasteiger charge is -2.12. The van der Waals surface area contributed by atoms with Crippen LogP contribution in [0.1, 0.15) is 12.1 Å². The molecule has 0 radical (unpaired) electrons. The van der Waals surface area contributed by atoms with E-state index in [0.717, 1.165) is 10.6 Å². The van der Waals surface area contributed by atoms with Gasteiger partial charge in [0.2, 0.25) is 0 Å². The first-order valence-corrected chi connectivity index (χ1v) is 6.54. The molecule has 1 aromatic rings. The molecule has 1 unspecified atom stereocenters. The zero-order valence-corrected chi connectivity index (χ0v) is 10.2. The van der Waals surface area contributed by atoms with Crippen LogP contribution in [-0.4, -0.2) is 47.3 Å². The first kappa shape index (κ1) is 13.1. The van der Waals surface area contributed by atoms with Crippen molar-refractivity contribution in [1.29, 1.82) is 0 Å². The van der Waals surface area contributed by atoms with Gasteiger partial charge in [-0.3, -0.25) is 4.68 Å². The lowest BCUT2D eigenvalue weighted by atomic mass is 10.4. The number of rotatable bonds is 6. The minimum Gasteiger partial charge on any atom is -0.748 e. The Hall–Kier alpha value is -0.990. The van der Waals surface area contributed by atoms with Crippen LogP contribution in [0.3, 0.4) is 0 Å². The highest BCUT2D eigenvalue weighted by Gasteiger charge is 2.07. The van der Waals surface area contributed by atoms with Gasteiger partial charge in [-0.2, -0.15) is 0 Å². The van der Waals surface area contributed by atoms with Crippen LogP contribution in [0.25, 0.3) is 0 Å². The second-order valence-electron chi connectivity index (χ2n) is 3.88. The summed E-state index contributed by atoms with van der Waals surface area (Å²) < 4.78 is 32.8. The smallest absolute Gasteiger partial charge is 0.137 e. The van der Waals surface area contributed by atoms with E-state index in [1.54, 1.807) is 11.7 Å². The molecule has 1 heterocycles. The van der Waals surface area contributed by atoms with E-state index in [2.05, 4.69) is 10.3 Å². The monoisotopic (exact) mass is 248 g/mol. The standard InChI is InChI=1S/C8H16N4O3S/c1-11(4-3-5-16(13,14)15)6-8-7-12(2)10-9-8/h7H,3-6H2,1-2H3,(H,13,14,15). The zero-order chi connectivity index (χ0) is 12.2. The Balaban J connectivity index is 2.29. The first-order valence-electron chi connectivity index (χ1n) is 4.97. The van der Waals surface area contributed by atoms with Crippen molar-refractivity contribution < 1.29 is 17.9 Å². The van der Waals surface area contributed by atoms with Crippen molar-refractivity contribution in [2.75, 3.05) is 19.3 Å². The van der Waals surface area contributed by atoms with Crippen LogP contribution < -0.4 is 4.90 Å². The second-order valence-corrected chi connectivity index (χ2v) is 5.41. The number of aromatic nitrogens is 3. The van der Waals surface area contributed by atoms with Gasteiger partial charge in [0.25, 0.3) is 0 Å². The van der Waals surface area contributed by atoms with Crippen LogP contribution >= 0.6 is 0 Å². The van der Waals surface area contributed by atoms with Crippen molar-refractivity contribution in [1.82, 2.24) is 15.0 Å². The van der Waals surface area contributed by atoms with Gasteiger partial charge in [0, 0.05) is 19.2 Å². The third-order valence-corrected chi connectivity index (χ3v) is 2.92. The maximum Gasteiger partial charge on any atom is 0.137 e. The molecule has 8 heteroatoms. The maximum absolute atomic E-state index is 10.4. The molecular formula is C8H16N4O3S. The van der Waals surface area contributed by atoms with E-state index >= 15 is 0 Å². The molecule has 0 saturated carbocycles. The van der Waals surface area contributed by atoms with Crippen LogP contribution in [0.4, 0.5) is 0 Å². The fourth-order valence-corrected chi connectivity index (χ4v) is 1.92. The average molecular weight is 248 g/mol. The lowest BCUT2D eigenvalue weighted by Crippen LogP contribution is -3.07. The molecule has 0 amide bonds. The van der Waals surface area contributed by atoms with Crippen molar-refractivity contribution in [2.24, 2.45) is 7.05 Å². The number of hydrogen-bond donors (Lipinski definition) is 1. The Morgan fingerprint density at radius 1 is 1.56 bits per heavy atom. The molecule has 1 atom stereocenters. The number of aryl methyl sites for hydroxylation is 1. The minimum absolute atomic E-state index is 0.301. The Morgan fingerprint density at radius 2 is 2.25 bits per heavy atom. The highest BCUT2D eigenvalue weighted by atomic mass is 32.2. The number of quaternary nitrogens is 1. The van der Waals surface area contributed by atoms with E-state index in [-0.39, 0.29) is 5.75 Å². The molecule has 1 N–H and O–H groups in total. The summed E-state index contributed by atoms with van der Waals surface area (Å²) in [5, 5.41) is 7.72. The summed E-state index contributed by atoms with van der Waals surface area (Å²) in [6.45, 7) is 1.30. The summed E-state index contributed by atoms with van der Waals surface area (Å²) in [7, 11) is -0.374. The van der Waals surface area contributed by atoms with Crippen molar-refractivity contribution in [3.8, 4) is 0 Å². The molecule has 0 bridgehead atoms. The topological polar surface area (TPSA) is 92.4 Å². The molecule has 16 heavy (non-hydrogen) atoms. The molecular weight excluding hydrogens is 232 g/mol. The summed E-state index contributed by atoms with van der Waals surface area (Å²) in [5.74, 6) is -0.301. The molecule has 0 aromatic carbocycles. The molecule has 7 nitrogen and oxygen atoms in total. The Kier molecular flexibility index (Phi) is 4.39. The average Bonchev–Trinajstić information content (AvgIpc) is 2.48. The van der Waals surface area contributed by atoms with E-state index in [1.807, 2.05) is 13.2 Å². The molecule has 1 aromatic heterocycles. The van der Waals surface area contributed by atoms with Crippen molar-refractivity contribution in [2.45, 2.75) is 13.0 Å². The summed E-state index contributed by atoms with van der Waals surface area (Å²) in [5.41, 5.74) is 0.852. The zero-order valence-electron chi connectivity index (χ0n) is 9.38. The van der Waals surface area contributed by atoms with E-state index in [4.69, 9.17) is 0 Å². The lowest BCUT2D eigenvalue weighted by molar-refractivity contribution is -0.894. The highest BCUT2D eigenvalue weighted by molar-refractivity contribution is 7.85. The molecule has 92 valence electrons. The minimum atomic E-state index is -4.08. The van der Waals surface area contributed by atoms with Crippen LogP contribution in [0, 0.1) is 0 Å². The first-order chi connectivity index (χ1) is 7.37. The maximum atomic E-state index is 10.4. The molecule has 0 aliphatic heterocycles. The molecule has 1 rings (SSSR count). The number of nitrogens with zero attached hydrogens (tertiary/aromatic N) is 3. The Morgan fingerprint density at radius 3 is 2.75 bits per heavy atom. The molecule has 0 aliphatic rings. The van der Waals surface area contributed by atoms with Gasteiger partial charge in [-0.25, -0.2) is 8.42 Å². The van der Waals surface area contributed by atoms with Gasteiger partial charge in [0.15, 0.2) is 0 Å². The van der Waals surface area contributed by atoms with Crippen molar-refractivity contribution in [3.63, 3.8) is 0 Å². The van der Waals surface area contributed by atoms with E-state index < -0.39 is 10.1 Å². The van der Waals surface area contributed by atoms with Crippen LogP contribution in [0.15, 0.2) is 6.20 Å². The van der Waals surface area contributed by atoms with Crippen LogP contribution in [0.5, 0.6) is 0 Å². The fourth-order valence-electron chi connectivity index (χ4n) is 1.42. The van der Waals surface area contributed by atoms with Crippen LogP contribution in [-0.2, 0) is 23.7 Å². The normalized spacial score (nSPS) is 13.9. The summed E-state index contributed by atoms with van der Waals surface area (Å²) in [6.07, 6.45) is 2.19. The van der Waals surface area contributed by atoms with Crippen molar-refractivity contribution in [3.05, 3.63) is 11.9 Å². The second kappa shape index (κ2) is 5.37. The van der Waals surface area contributed by atoms with Crippen LogP contribution in [0.2, 0.25) is 0 Å². The SMILES string of the molecule is Cn1cc(C[NH+](C)CCCS(=O)(=O)[O-])nn1. The highest BCUT2D eigenvalue weighted by Crippen LogP contribution is 1.88. The van der Waals surface area contributed by atoms with Gasteiger partial charge < -0.3 is 9.45 Å². The molecule has 0 aliphatic carbocycles. The van der Waals surface area contributed by atoms with E-state index in [0.29, 0.717) is 19.5 Å². The van der Waals surface area contributed by atoms with Gasteiger partial charge >= 0.3 is 0 Å².